The van der Waals surface area contributed by atoms with Crippen LogP contribution in [0.1, 0.15) is 309 Å². The quantitative estimate of drug-likeness (QED) is 0.0362. The molecule has 0 aliphatic rings. The molecule has 378 valence electrons. The lowest BCUT2D eigenvalue weighted by Gasteiger charge is -2.26. The predicted octanol–water partition coefficient (Wildman–Crippen LogP) is 17.8. The molecule has 0 saturated carbocycles. The Balaban J connectivity index is 3.52. The van der Waals surface area contributed by atoms with E-state index in [4.69, 9.17) is 0 Å². The number of rotatable bonds is 53. The van der Waals surface area contributed by atoms with Gasteiger partial charge in [-0.25, -0.2) is 0 Å². The molecule has 4 N–H and O–H groups in total. The molecule has 0 radical (unpaired) electrons. The normalized spacial score (nSPS) is 13.5. The molecule has 0 aliphatic heterocycles. The van der Waals surface area contributed by atoms with Crippen molar-refractivity contribution in [2.24, 2.45) is 0 Å². The van der Waals surface area contributed by atoms with E-state index in [1.807, 2.05) is 0 Å². The zero-order chi connectivity index (χ0) is 46.5. The fraction of sp³-hybridized carbons (Fsp3) is 0.881. The summed E-state index contributed by atoms with van der Waals surface area (Å²) in [6.07, 6.45) is 70.2. The molecule has 0 spiro atoms. The summed E-state index contributed by atoms with van der Waals surface area (Å²) in [4.78, 5) is 12.5. The Hall–Kier alpha value is -1.43. The number of nitrogens with one attached hydrogen (secondary N) is 1. The molecule has 5 nitrogen and oxygen atoms in total. The van der Waals surface area contributed by atoms with Crippen LogP contribution in [-0.2, 0) is 4.79 Å². The molecule has 5 heteroatoms. The zero-order valence-corrected chi connectivity index (χ0v) is 43.2. The van der Waals surface area contributed by atoms with Gasteiger partial charge in [0.05, 0.1) is 18.8 Å². The lowest BCUT2D eigenvalue weighted by Crippen LogP contribution is -2.50. The lowest BCUT2D eigenvalue weighted by atomic mass is 10.0. The smallest absolute Gasteiger partial charge is 0.220 e. The topological polar surface area (TPSA) is 89.8 Å². The zero-order valence-electron chi connectivity index (χ0n) is 43.2. The van der Waals surface area contributed by atoms with Crippen LogP contribution >= 0.6 is 0 Å². The first-order valence-corrected chi connectivity index (χ1v) is 28.8. The van der Waals surface area contributed by atoms with Gasteiger partial charge in [-0.1, -0.05) is 269 Å². The summed E-state index contributed by atoms with van der Waals surface area (Å²) in [5.41, 5.74) is 0. The number of allylic oxidation sites excluding steroid dienone is 6. The fourth-order valence-corrected chi connectivity index (χ4v) is 9.02. The molecular formula is C59H113NO4. The first kappa shape index (κ1) is 62.6. The molecule has 0 rings (SSSR count). The highest BCUT2D eigenvalue weighted by atomic mass is 16.3. The van der Waals surface area contributed by atoms with Gasteiger partial charge in [0.15, 0.2) is 0 Å². The van der Waals surface area contributed by atoms with Crippen molar-refractivity contribution in [3.63, 3.8) is 0 Å². The molecule has 0 saturated heterocycles. The number of carbonyl (C=O) groups excluding carboxylic acids is 1. The summed E-state index contributed by atoms with van der Waals surface area (Å²) in [7, 11) is 0. The standard InChI is InChI=1S/C59H113NO4/c1-3-5-7-9-11-13-15-17-19-21-22-23-24-25-26-27-28-29-30-31-32-33-34-35-36-38-40-42-44-46-48-50-52-54-58(63)60-56(55-61)59(64)57(62)53-51-49-47-45-43-41-39-37-20-18-16-14-12-10-8-6-4-2/h22-23,25-26,45,47,56-57,59,61-62,64H,3-21,24,27-44,46,48-55H2,1-2H3,(H,60,63)/b23-22-,26-25-,47-45+. The van der Waals surface area contributed by atoms with Gasteiger partial charge in [-0.3, -0.25) is 4.79 Å². The molecule has 0 heterocycles. The minimum atomic E-state index is -1.16. The van der Waals surface area contributed by atoms with Crippen LogP contribution in [0.15, 0.2) is 36.5 Å². The largest absolute Gasteiger partial charge is 0.394 e. The van der Waals surface area contributed by atoms with Crippen LogP contribution < -0.4 is 5.32 Å². The highest BCUT2D eigenvalue weighted by Gasteiger charge is 2.26. The number of carbonyl (C=O) groups is 1. The third kappa shape index (κ3) is 48.5. The van der Waals surface area contributed by atoms with Crippen LogP contribution in [-0.4, -0.2) is 46.1 Å². The van der Waals surface area contributed by atoms with Crippen molar-refractivity contribution in [3.8, 4) is 0 Å². The van der Waals surface area contributed by atoms with Crippen molar-refractivity contribution in [3.05, 3.63) is 36.5 Å². The minimum absolute atomic E-state index is 0.150. The average Bonchev–Trinajstić information content (AvgIpc) is 3.30. The number of aliphatic hydroxyl groups is 3. The van der Waals surface area contributed by atoms with Crippen molar-refractivity contribution in [1.82, 2.24) is 5.32 Å². The fourth-order valence-electron chi connectivity index (χ4n) is 9.02. The Bertz CT molecular complexity index is 993. The second-order valence-electron chi connectivity index (χ2n) is 19.8. The number of aliphatic hydroxyl groups excluding tert-OH is 3. The summed E-state index contributed by atoms with van der Waals surface area (Å²) in [6.45, 7) is 4.19. The summed E-state index contributed by atoms with van der Waals surface area (Å²) in [6, 6.07) is -0.825. The van der Waals surface area contributed by atoms with E-state index in [2.05, 4.69) is 55.6 Å². The van der Waals surface area contributed by atoms with Gasteiger partial charge in [0, 0.05) is 6.42 Å². The van der Waals surface area contributed by atoms with Gasteiger partial charge in [0.25, 0.3) is 0 Å². The summed E-state index contributed by atoms with van der Waals surface area (Å²) < 4.78 is 0. The predicted molar refractivity (Wildman–Crippen MR) is 282 cm³/mol. The highest BCUT2D eigenvalue weighted by molar-refractivity contribution is 5.76. The van der Waals surface area contributed by atoms with Crippen LogP contribution in [0.4, 0.5) is 0 Å². The number of hydrogen-bond donors (Lipinski definition) is 4. The van der Waals surface area contributed by atoms with Crippen molar-refractivity contribution in [2.75, 3.05) is 6.61 Å². The molecule has 3 atom stereocenters. The average molecular weight is 901 g/mol. The second kappa shape index (κ2) is 54.2. The molecule has 0 aromatic carbocycles. The van der Waals surface area contributed by atoms with E-state index in [9.17, 15) is 20.1 Å². The number of amides is 1. The molecule has 64 heavy (non-hydrogen) atoms. The van der Waals surface area contributed by atoms with Crippen molar-refractivity contribution in [1.29, 1.82) is 0 Å². The van der Waals surface area contributed by atoms with Gasteiger partial charge < -0.3 is 20.6 Å². The SMILES string of the molecule is CCCCCCCCCCC/C=C\C/C=C\CCCCCCCCCCCCCCCCCCCC(=O)NC(CO)C(O)C(O)CCC/C=C/CCCCCCCCCCCCCC. The lowest BCUT2D eigenvalue weighted by molar-refractivity contribution is -0.124. The first-order valence-electron chi connectivity index (χ1n) is 28.8. The van der Waals surface area contributed by atoms with Crippen LogP contribution in [0.5, 0.6) is 0 Å². The molecular weight excluding hydrogens is 787 g/mol. The Morgan fingerprint density at radius 2 is 0.672 bits per heavy atom. The van der Waals surface area contributed by atoms with E-state index in [0.29, 0.717) is 12.8 Å². The summed E-state index contributed by atoms with van der Waals surface area (Å²) >= 11 is 0. The van der Waals surface area contributed by atoms with Crippen molar-refractivity contribution < 1.29 is 20.1 Å². The Kier molecular flexibility index (Phi) is 53.0. The second-order valence-corrected chi connectivity index (χ2v) is 19.8. The summed E-state index contributed by atoms with van der Waals surface area (Å²) in [5, 5.41) is 33.7. The van der Waals surface area contributed by atoms with Gasteiger partial charge in [-0.05, 0) is 70.6 Å². The number of unbranched alkanes of at least 4 members (excludes halogenated alkanes) is 39. The van der Waals surface area contributed by atoms with E-state index >= 15 is 0 Å². The van der Waals surface area contributed by atoms with Crippen LogP contribution in [0.25, 0.3) is 0 Å². The van der Waals surface area contributed by atoms with Crippen LogP contribution in [0, 0.1) is 0 Å². The maximum absolute atomic E-state index is 12.5. The Morgan fingerprint density at radius 3 is 1.00 bits per heavy atom. The van der Waals surface area contributed by atoms with E-state index in [1.54, 1.807) is 0 Å². The van der Waals surface area contributed by atoms with Crippen LogP contribution in [0.2, 0.25) is 0 Å². The van der Waals surface area contributed by atoms with E-state index in [0.717, 1.165) is 44.9 Å². The third-order valence-corrected chi connectivity index (χ3v) is 13.5. The van der Waals surface area contributed by atoms with Gasteiger partial charge >= 0.3 is 0 Å². The first-order chi connectivity index (χ1) is 31.6. The minimum Gasteiger partial charge on any atom is -0.394 e. The molecule has 0 aromatic heterocycles. The third-order valence-electron chi connectivity index (χ3n) is 13.5. The Labute approximate surface area is 400 Å². The van der Waals surface area contributed by atoms with Gasteiger partial charge in [0.2, 0.25) is 5.91 Å². The maximum Gasteiger partial charge on any atom is 0.220 e. The van der Waals surface area contributed by atoms with E-state index < -0.39 is 18.2 Å². The molecule has 0 bridgehead atoms. The summed E-state index contributed by atoms with van der Waals surface area (Å²) in [5.74, 6) is -0.150. The monoisotopic (exact) mass is 900 g/mol. The maximum atomic E-state index is 12.5. The Morgan fingerprint density at radius 1 is 0.391 bits per heavy atom. The molecule has 3 unspecified atom stereocenters. The van der Waals surface area contributed by atoms with E-state index in [-0.39, 0.29) is 12.5 Å². The molecule has 0 aliphatic carbocycles. The van der Waals surface area contributed by atoms with Gasteiger partial charge in [-0.15, -0.1) is 0 Å². The van der Waals surface area contributed by atoms with Gasteiger partial charge in [0.1, 0.15) is 6.10 Å². The van der Waals surface area contributed by atoms with Crippen molar-refractivity contribution >= 4 is 5.91 Å². The highest BCUT2D eigenvalue weighted by Crippen LogP contribution is 2.17. The molecule has 1 amide bonds. The van der Waals surface area contributed by atoms with E-state index in [1.165, 1.54) is 238 Å². The molecule has 0 aromatic rings. The number of hydrogen-bond acceptors (Lipinski definition) is 4. The van der Waals surface area contributed by atoms with Gasteiger partial charge in [-0.2, -0.15) is 0 Å². The van der Waals surface area contributed by atoms with Crippen LogP contribution in [0.3, 0.4) is 0 Å². The molecule has 0 fully saturated rings. The van der Waals surface area contributed by atoms with Crippen molar-refractivity contribution in [2.45, 2.75) is 327 Å².